The van der Waals surface area contributed by atoms with Gasteiger partial charge in [0.2, 0.25) is 5.91 Å². The maximum atomic E-state index is 11.9. The molecule has 1 aromatic rings. The molecule has 0 spiro atoms. The fourth-order valence-corrected chi connectivity index (χ4v) is 2.23. The summed E-state index contributed by atoms with van der Waals surface area (Å²) in [5, 5.41) is 13.3. The van der Waals surface area contributed by atoms with Gasteiger partial charge < -0.3 is 10.4 Å². The molecular weight excluding hydrogens is 262 g/mol. The summed E-state index contributed by atoms with van der Waals surface area (Å²) >= 11 is 6.04. The van der Waals surface area contributed by atoms with Gasteiger partial charge in [-0.2, -0.15) is 0 Å². The number of benzene rings is 1. The molecule has 0 unspecified atom stereocenters. The number of hydrogen-bond acceptors (Lipinski definition) is 2. The molecule has 1 aliphatic carbocycles. The molecule has 0 saturated heterocycles. The summed E-state index contributed by atoms with van der Waals surface area (Å²) in [6.45, 7) is 2.06. The number of amides is 1. The third kappa shape index (κ3) is 3.58. The summed E-state index contributed by atoms with van der Waals surface area (Å²) in [4.78, 5) is 11.9. The van der Waals surface area contributed by atoms with E-state index in [0.717, 1.165) is 24.8 Å². The minimum Gasteiger partial charge on any atom is -0.388 e. The van der Waals surface area contributed by atoms with E-state index in [-0.39, 0.29) is 5.91 Å². The number of carbonyl (C=O) groups is 1. The lowest BCUT2D eigenvalue weighted by Crippen LogP contribution is -2.47. The molecular formula is C15H18ClNO2. The summed E-state index contributed by atoms with van der Waals surface area (Å²) in [5.74, 6) is -0.166. The first-order chi connectivity index (χ1) is 9.00. The van der Waals surface area contributed by atoms with Crippen LogP contribution in [0.1, 0.15) is 31.7 Å². The van der Waals surface area contributed by atoms with Crippen molar-refractivity contribution in [1.29, 1.82) is 0 Å². The molecule has 0 bridgehead atoms. The maximum absolute atomic E-state index is 11.9. The average molecular weight is 280 g/mol. The van der Waals surface area contributed by atoms with E-state index in [2.05, 4.69) is 5.32 Å². The molecule has 1 amide bonds. The number of rotatable bonds is 4. The standard InChI is InChI=1S/C15H18ClNO2/c1-11(9-12-5-2-3-6-13(12)16)14(18)17-10-15(19)7-4-8-15/h2-3,5-6,9,19H,4,7-8,10H2,1H3,(H,17,18)/b11-9-. The predicted octanol–water partition coefficient (Wildman–Crippen LogP) is 2.77. The summed E-state index contributed by atoms with van der Waals surface area (Å²) in [6.07, 6.45) is 4.31. The van der Waals surface area contributed by atoms with E-state index in [9.17, 15) is 9.90 Å². The summed E-state index contributed by atoms with van der Waals surface area (Å²) in [7, 11) is 0. The Morgan fingerprint density at radius 2 is 2.16 bits per heavy atom. The Morgan fingerprint density at radius 3 is 2.74 bits per heavy atom. The van der Waals surface area contributed by atoms with Gasteiger partial charge in [-0.3, -0.25) is 4.79 Å². The van der Waals surface area contributed by atoms with Crippen molar-refractivity contribution in [2.45, 2.75) is 31.8 Å². The zero-order chi connectivity index (χ0) is 13.9. The van der Waals surface area contributed by atoms with Crippen LogP contribution >= 0.6 is 11.6 Å². The molecule has 0 aromatic heterocycles. The van der Waals surface area contributed by atoms with Crippen molar-refractivity contribution in [3.63, 3.8) is 0 Å². The quantitative estimate of drug-likeness (QED) is 0.833. The number of hydrogen-bond donors (Lipinski definition) is 2. The highest BCUT2D eigenvalue weighted by molar-refractivity contribution is 6.32. The van der Waals surface area contributed by atoms with Gasteiger partial charge in [0.25, 0.3) is 0 Å². The zero-order valence-electron chi connectivity index (χ0n) is 10.9. The molecule has 2 rings (SSSR count). The second-order valence-corrected chi connectivity index (χ2v) is 5.52. The SMILES string of the molecule is C/C(=C/c1ccccc1Cl)C(=O)NCC1(O)CCC1. The van der Waals surface area contributed by atoms with Crippen LogP contribution in [0.15, 0.2) is 29.8 Å². The van der Waals surface area contributed by atoms with Gasteiger partial charge in [-0.25, -0.2) is 0 Å². The first kappa shape index (κ1) is 14.1. The van der Waals surface area contributed by atoms with Crippen LogP contribution in [0, 0.1) is 0 Å². The Morgan fingerprint density at radius 1 is 1.47 bits per heavy atom. The van der Waals surface area contributed by atoms with Crippen molar-refractivity contribution in [3.8, 4) is 0 Å². The Bertz CT molecular complexity index is 507. The topological polar surface area (TPSA) is 49.3 Å². The van der Waals surface area contributed by atoms with Crippen LogP contribution in [0.25, 0.3) is 6.08 Å². The van der Waals surface area contributed by atoms with Crippen molar-refractivity contribution in [3.05, 3.63) is 40.4 Å². The average Bonchev–Trinajstić information content (AvgIpc) is 2.36. The third-order valence-corrected chi connectivity index (χ3v) is 3.84. The number of halogens is 1. The monoisotopic (exact) mass is 279 g/mol. The number of carbonyl (C=O) groups excluding carboxylic acids is 1. The molecule has 2 N–H and O–H groups in total. The van der Waals surface area contributed by atoms with E-state index in [0.29, 0.717) is 17.1 Å². The van der Waals surface area contributed by atoms with E-state index < -0.39 is 5.60 Å². The molecule has 0 atom stereocenters. The first-order valence-corrected chi connectivity index (χ1v) is 6.81. The van der Waals surface area contributed by atoms with E-state index >= 15 is 0 Å². The van der Waals surface area contributed by atoms with Crippen LogP contribution < -0.4 is 5.32 Å². The maximum Gasteiger partial charge on any atom is 0.247 e. The molecule has 1 aliphatic rings. The highest BCUT2D eigenvalue weighted by Crippen LogP contribution is 2.30. The van der Waals surface area contributed by atoms with Crippen LogP contribution in [0.4, 0.5) is 0 Å². The minimum atomic E-state index is -0.694. The van der Waals surface area contributed by atoms with Gasteiger partial charge >= 0.3 is 0 Å². The largest absolute Gasteiger partial charge is 0.388 e. The molecule has 0 radical (unpaired) electrons. The van der Waals surface area contributed by atoms with Crippen LogP contribution in [0.3, 0.4) is 0 Å². The summed E-state index contributed by atoms with van der Waals surface area (Å²) in [6, 6.07) is 7.37. The number of nitrogens with one attached hydrogen (secondary N) is 1. The van der Waals surface area contributed by atoms with Gasteiger partial charge in [-0.05, 0) is 43.9 Å². The van der Waals surface area contributed by atoms with Gasteiger partial charge in [0.15, 0.2) is 0 Å². The Hall–Kier alpha value is -1.32. The van der Waals surface area contributed by atoms with Crippen molar-refractivity contribution in [1.82, 2.24) is 5.32 Å². The Kier molecular flexibility index (Phi) is 4.27. The molecule has 0 aliphatic heterocycles. The summed E-state index contributed by atoms with van der Waals surface area (Å²) in [5.41, 5.74) is 0.704. The van der Waals surface area contributed by atoms with Gasteiger partial charge in [0.05, 0.1) is 5.60 Å². The van der Waals surface area contributed by atoms with Crippen molar-refractivity contribution in [2.24, 2.45) is 0 Å². The number of aliphatic hydroxyl groups is 1. The lowest BCUT2D eigenvalue weighted by atomic mass is 9.80. The molecule has 19 heavy (non-hydrogen) atoms. The van der Waals surface area contributed by atoms with Gasteiger partial charge in [-0.1, -0.05) is 29.8 Å². The molecule has 1 fully saturated rings. The van der Waals surface area contributed by atoms with E-state index in [1.54, 1.807) is 19.1 Å². The van der Waals surface area contributed by atoms with E-state index in [1.165, 1.54) is 0 Å². The van der Waals surface area contributed by atoms with Gasteiger partial charge in [-0.15, -0.1) is 0 Å². The second kappa shape index (κ2) is 5.76. The van der Waals surface area contributed by atoms with Gasteiger partial charge in [0.1, 0.15) is 0 Å². The Balaban J connectivity index is 1.97. The van der Waals surface area contributed by atoms with Crippen LogP contribution in [-0.2, 0) is 4.79 Å². The van der Waals surface area contributed by atoms with Crippen molar-refractivity contribution < 1.29 is 9.90 Å². The molecule has 1 saturated carbocycles. The first-order valence-electron chi connectivity index (χ1n) is 6.44. The van der Waals surface area contributed by atoms with Crippen molar-refractivity contribution >= 4 is 23.6 Å². The van der Waals surface area contributed by atoms with Crippen LogP contribution in [0.5, 0.6) is 0 Å². The van der Waals surface area contributed by atoms with E-state index in [1.807, 2.05) is 18.2 Å². The predicted molar refractivity (Wildman–Crippen MR) is 76.9 cm³/mol. The normalized spacial score (nSPS) is 17.7. The molecule has 0 heterocycles. The fourth-order valence-electron chi connectivity index (χ4n) is 2.04. The second-order valence-electron chi connectivity index (χ2n) is 5.11. The van der Waals surface area contributed by atoms with Crippen molar-refractivity contribution in [2.75, 3.05) is 6.54 Å². The zero-order valence-corrected chi connectivity index (χ0v) is 11.7. The lowest BCUT2D eigenvalue weighted by Gasteiger charge is -2.36. The Labute approximate surface area is 118 Å². The lowest BCUT2D eigenvalue weighted by molar-refractivity contribution is -0.119. The van der Waals surface area contributed by atoms with Crippen LogP contribution in [-0.4, -0.2) is 23.2 Å². The summed E-state index contributed by atoms with van der Waals surface area (Å²) < 4.78 is 0. The van der Waals surface area contributed by atoms with Crippen LogP contribution in [0.2, 0.25) is 5.02 Å². The van der Waals surface area contributed by atoms with Gasteiger partial charge in [0, 0.05) is 17.1 Å². The molecule has 1 aromatic carbocycles. The molecule has 4 heteroatoms. The third-order valence-electron chi connectivity index (χ3n) is 3.50. The smallest absolute Gasteiger partial charge is 0.247 e. The molecule has 3 nitrogen and oxygen atoms in total. The van der Waals surface area contributed by atoms with E-state index in [4.69, 9.17) is 11.6 Å². The highest BCUT2D eigenvalue weighted by Gasteiger charge is 2.34. The fraction of sp³-hybridized carbons (Fsp3) is 0.400. The molecule has 102 valence electrons. The highest BCUT2D eigenvalue weighted by atomic mass is 35.5. The minimum absolute atomic E-state index is 0.166.